The zero-order valence-corrected chi connectivity index (χ0v) is 7.67. The van der Waals surface area contributed by atoms with Crippen LogP contribution in [0.25, 0.3) is 0 Å². The second kappa shape index (κ2) is 4.52. The van der Waals surface area contributed by atoms with Crippen molar-refractivity contribution in [2.24, 2.45) is 17.6 Å². The summed E-state index contributed by atoms with van der Waals surface area (Å²) in [6.07, 6.45) is -0.444. The molecule has 0 radical (unpaired) electrons. The Morgan fingerprint density at radius 1 is 1.55 bits per heavy atom. The smallest absolute Gasteiger partial charge is 0.0787 e. The van der Waals surface area contributed by atoms with E-state index in [-0.39, 0.29) is 5.92 Å². The van der Waals surface area contributed by atoms with Gasteiger partial charge < -0.3 is 10.8 Å². The van der Waals surface area contributed by atoms with Gasteiger partial charge in [0.25, 0.3) is 0 Å². The third-order valence-electron chi connectivity index (χ3n) is 2.04. The first-order valence-electron chi connectivity index (χ1n) is 4.04. The molecule has 0 aliphatic rings. The van der Waals surface area contributed by atoms with Crippen LogP contribution in [0.15, 0.2) is 12.2 Å². The largest absolute Gasteiger partial charge is 0.388 e. The number of hydrogen-bond donors (Lipinski definition) is 2. The summed E-state index contributed by atoms with van der Waals surface area (Å²) in [6, 6.07) is 0. The maximum absolute atomic E-state index is 9.58. The highest BCUT2D eigenvalue weighted by molar-refractivity contribution is 5.00. The summed E-state index contributed by atoms with van der Waals surface area (Å²) in [5.74, 6) is 0.555. The summed E-state index contributed by atoms with van der Waals surface area (Å²) in [7, 11) is 0. The Labute approximate surface area is 69.1 Å². The number of rotatable bonds is 4. The number of nitrogens with two attached hydrogens (primary N) is 1. The molecule has 0 aromatic heterocycles. The van der Waals surface area contributed by atoms with Crippen LogP contribution in [0.5, 0.6) is 0 Å². The number of hydrogen-bond acceptors (Lipinski definition) is 2. The highest BCUT2D eigenvalue weighted by Crippen LogP contribution is 2.18. The molecule has 0 fully saturated rings. The van der Waals surface area contributed by atoms with E-state index in [0.29, 0.717) is 12.5 Å². The van der Waals surface area contributed by atoms with Crippen molar-refractivity contribution in [3.05, 3.63) is 12.2 Å². The molecule has 0 amide bonds. The summed E-state index contributed by atoms with van der Waals surface area (Å²) in [4.78, 5) is 0. The molecule has 11 heavy (non-hydrogen) atoms. The van der Waals surface area contributed by atoms with E-state index in [2.05, 4.69) is 20.4 Å². The van der Waals surface area contributed by atoms with Crippen LogP contribution in [0.2, 0.25) is 0 Å². The molecule has 2 unspecified atom stereocenters. The molecule has 0 bridgehead atoms. The van der Waals surface area contributed by atoms with Gasteiger partial charge in [-0.3, -0.25) is 0 Å². The molecule has 0 saturated heterocycles. The van der Waals surface area contributed by atoms with Gasteiger partial charge in [0.15, 0.2) is 0 Å². The van der Waals surface area contributed by atoms with Crippen LogP contribution in [-0.2, 0) is 0 Å². The first-order chi connectivity index (χ1) is 5.00. The van der Waals surface area contributed by atoms with Gasteiger partial charge in [-0.1, -0.05) is 26.0 Å². The molecule has 0 heterocycles. The van der Waals surface area contributed by atoms with Gasteiger partial charge in [-0.2, -0.15) is 0 Å². The molecule has 0 aliphatic heterocycles. The molecule has 0 spiro atoms. The van der Waals surface area contributed by atoms with E-state index in [0.717, 1.165) is 5.57 Å². The van der Waals surface area contributed by atoms with E-state index < -0.39 is 6.10 Å². The molecule has 2 atom stereocenters. The minimum atomic E-state index is -0.444. The van der Waals surface area contributed by atoms with Crippen molar-refractivity contribution in [3.8, 4) is 0 Å². The van der Waals surface area contributed by atoms with Crippen LogP contribution >= 0.6 is 0 Å². The lowest BCUT2D eigenvalue weighted by Crippen LogP contribution is -2.32. The molecule has 2 nitrogen and oxygen atoms in total. The highest BCUT2D eigenvalue weighted by atomic mass is 16.3. The molecule has 2 heteroatoms. The van der Waals surface area contributed by atoms with E-state index in [4.69, 9.17) is 5.73 Å². The second-order valence-electron chi connectivity index (χ2n) is 3.43. The quantitative estimate of drug-likeness (QED) is 0.601. The fourth-order valence-electron chi connectivity index (χ4n) is 1.13. The molecule has 66 valence electrons. The maximum Gasteiger partial charge on any atom is 0.0787 e. The van der Waals surface area contributed by atoms with Crippen LogP contribution in [0.1, 0.15) is 20.8 Å². The van der Waals surface area contributed by atoms with Gasteiger partial charge in [-0.05, 0) is 19.4 Å². The van der Waals surface area contributed by atoms with Gasteiger partial charge in [0.1, 0.15) is 0 Å². The Balaban J connectivity index is 4.13. The van der Waals surface area contributed by atoms with E-state index in [1.54, 1.807) is 0 Å². The van der Waals surface area contributed by atoms with E-state index in [1.807, 2.05) is 6.92 Å². The second-order valence-corrected chi connectivity index (χ2v) is 3.43. The normalized spacial score (nSPS) is 16.5. The molecule has 0 rings (SSSR count). The molecular weight excluding hydrogens is 138 g/mol. The Kier molecular flexibility index (Phi) is 4.38. The van der Waals surface area contributed by atoms with Crippen molar-refractivity contribution in [1.82, 2.24) is 0 Å². The van der Waals surface area contributed by atoms with Crippen molar-refractivity contribution in [2.45, 2.75) is 26.9 Å². The van der Waals surface area contributed by atoms with Gasteiger partial charge in [0, 0.05) is 5.92 Å². The van der Waals surface area contributed by atoms with E-state index >= 15 is 0 Å². The fourth-order valence-corrected chi connectivity index (χ4v) is 1.13. The lowest BCUT2D eigenvalue weighted by atomic mass is 9.87. The fraction of sp³-hybridized carbons (Fsp3) is 0.778. The van der Waals surface area contributed by atoms with Crippen LogP contribution in [-0.4, -0.2) is 17.8 Å². The first-order valence-corrected chi connectivity index (χ1v) is 4.04. The Hall–Kier alpha value is -0.340. The average molecular weight is 157 g/mol. The van der Waals surface area contributed by atoms with Gasteiger partial charge in [-0.25, -0.2) is 0 Å². The van der Waals surface area contributed by atoms with Crippen LogP contribution < -0.4 is 5.73 Å². The monoisotopic (exact) mass is 157 g/mol. The third kappa shape index (κ3) is 3.04. The van der Waals surface area contributed by atoms with E-state index in [1.165, 1.54) is 0 Å². The lowest BCUT2D eigenvalue weighted by Gasteiger charge is -2.24. The molecule has 3 N–H and O–H groups in total. The van der Waals surface area contributed by atoms with Gasteiger partial charge in [0.2, 0.25) is 0 Å². The average Bonchev–Trinajstić information content (AvgIpc) is 1.88. The topological polar surface area (TPSA) is 46.2 Å². The third-order valence-corrected chi connectivity index (χ3v) is 2.04. The first kappa shape index (κ1) is 10.7. The van der Waals surface area contributed by atoms with Crippen molar-refractivity contribution in [3.63, 3.8) is 0 Å². The Morgan fingerprint density at radius 3 is 2.09 bits per heavy atom. The highest BCUT2D eigenvalue weighted by Gasteiger charge is 2.20. The van der Waals surface area contributed by atoms with Crippen LogP contribution in [0, 0.1) is 11.8 Å². The number of aliphatic hydroxyl groups excluding tert-OH is 1. The molecule has 0 aromatic carbocycles. The van der Waals surface area contributed by atoms with Crippen molar-refractivity contribution >= 4 is 0 Å². The summed E-state index contributed by atoms with van der Waals surface area (Å²) in [5.41, 5.74) is 6.31. The van der Waals surface area contributed by atoms with Gasteiger partial charge >= 0.3 is 0 Å². The molecule has 0 saturated carbocycles. The Morgan fingerprint density at radius 2 is 2.00 bits per heavy atom. The Bertz CT molecular complexity index is 132. The molecular formula is C9H19NO. The van der Waals surface area contributed by atoms with Crippen LogP contribution in [0.3, 0.4) is 0 Å². The predicted molar refractivity (Wildman–Crippen MR) is 48.2 cm³/mol. The van der Waals surface area contributed by atoms with Crippen molar-refractivity contribution in [1.29, 1.82) is 0 Å². The summed E-state index contributed by atoms with van der Waals surface area (Å²) < 4.78 is 0. The zero-order valence-electron chi connectivity index (χ0n) is 7.67. The standard InChI is InChI=1S/C9H19NO/c1-6(2)8(5-10)9(11)7(3)4/h6,8-9,11H,3,5,10H2,1-2,4H3. The predicted octanol–water partition coefficient (Wildman–Crippen LogP) is 1.15. The van der Waals surface area contributed by atoms with Gasteiger partial charge in [-0.15, -0.1) is 0 Å². The number of aliphatic hydroxyl groups is 1. The summed E-state index contributed by atoms with van der Waals surface area (Å²) >= 11 is 0. The molecule has 0 aliphatic carbocycles. The lowest BCUT2D eigenvalue weighted by molar-refractivity contribution is 0.117. The van der Waals surface area contributed by atoms with Crippen molar-refractivity contribution < 1.29 is 5.11 Å². The van der Waals surface area contributed by atoms with E-state index in [9.17, 15) is 5.11 Å². The van der Waals surface area contributed by atoms with Crippen molar-refractivity contribution in [2.75, 3.05) is 6.54 Å². The van der Waals surface area contributed by atoms with Crippen LogP contribution in [0.4, 0.5) is 0 Å². The zero-order chi connectivity index (χ0) is 9.02. The summed E-state index contributed by atoms with van der Waals surface area (Å²) in [6.45, 7) is 10.2. The minimum absolute atomic E-state index is 0.146. The van der Waals surface area contributed by atoms with Gasteiger partial charge in [0.05, 0.1) is 6.10 Å². The SMILES string of the molecule is C=C(C)C(O)C(CN)C(C)C. The summed E-state index contributed by atoms with van der Waals surface area (Å²) in [5, 5.41) is 9.58. The minimum Gasteiger partial charge on any atom is -0.388 e. The molecule has 0 aromatic rings. The maximum atomic E-state index is 9.58.